The van der Waals surface area contributed by atoms with Gasteiger partial charge < -0.3 is 49.6 Å². The molecule has 119 heavy (non-hydrogen) atoms. The molecule has 0 aliphatic carbocycles. The van der Waals surface area contributed by atoms with Crippen molar-refractivity contribution in [2.45, 2.75) is 0 Å². The van der Waals surface area contributed by atoms with E-state index < -0.39 is 47.5 Å². The summed E-state index contributed by atoms with van der Waals surface area (Å²) < 4.78 is 0. The van der Waals surface area contributed by atoms with Crippen molar-refractivity contribution in [3.63, 3.8) is 0 Å². The number of halogens is 4. The van der Waals surface area contributed by atoms with E-state index in [4.69, 9.17) is 0 Å². The fourth-order valence-electron chi connectivity index (χ4n) is 13.1. The molecular formula is C108H90Cl4P6Ru. The predicted octanol–water partition coefficient (Wildman–Crippen LogP) is 8.68. The second kappa shape index (κ2) is 53.8. The predicted molar refractivity (Wildman–Crippen MR) is 511 cm³/mol. The van der Waals surface area contributed by atoms with Gasteiger partial charge in [0, 0.05) is 0 Å². The molecule has 0 nitrogen and oxygen atoms in total. The summed E-state index contributed by atoms with van der Waals surface area (Å²) >= 11 is 0. The standard InChI is InChI=1S/6C18H15P.4ClH.Ru/c6*1-4-10-16(11-5-1)19(17-12-6-2-7-13-17)18-14-8-3-9-15-18;;;;;/h6*1-15H;4*1H;/q;;;;;;;;;;+4/p-4. The molecule has 0 N–H and O–H groups in total. The Morgan fingerprint density at radius 2 is 0.118 bits per heavy atom. The van der Waals surface area contributed by atoms with E-state index in [-0.39, 0.29) is 69.1 Å². The molecule has 18 rings (SSSR count). The molecule has 588 valence electrons. The van der Waals surface area contributed by atoms with Gasteiger partial charge in [-0.2, -0.15) is 0 Å². The van der Waals surface area contributed by atoms with Crippen LogP contribution in [0, 0.1) is 0 Å². The molecule has 11 heteroatoms. The normalized spacial score (nSPS) is 10.1. The summed E-state index contributed by atoms with van der Waals surface area (Å²) in [6, 6.07) is 194. The Labute approximate surface area is 751 Å². The summed E-state index contributed by atoms with van der Waals surface area (Å²) in [5, 5.41) is 25.2. The van der Waals surface area contributed by atoms with Crippen LogP contribution >= 0.6 is 47.5 Å². The second-order valence-corrected chi connectivity index (χ2v) is 39.4. The van der Waals surface area contributed by atoms with Crippen molar-refractivity contribution in [2.24, 2.45) is 0 Å². The average Bonchev–Trinajstić information content (AvgIpc) is 0.854. The minimum atomic E-state index is -0.446. The Balaban J connectivity index is 0.000000176. The molecule has 0 spiro atoms. The molecule has 0 aliphatic heterocycles. The topological polar surface area (TPSA) is 0 Å². The fourth-order valence-corrected chi connectivity index (χ4v) is 26.9. The number of hydrogen-bond donors (Lipinski definition) is 0. The van der Waals surface area contributed by atoms with Gasteiger partial charge in [-0.05, 0) is 143 Å². The monoisotopic (exact) mass is 1810 g/mol. The number of rotatable bonds is 18. The molecule has 0 bridgehead atoms. The molecule has 0 saturated heterocycles. The molecule has 18 aromatic rings. The van der Waals surface area contributed by atoms with E-state index in [2.05, 4.69) is 546 Å². The summed E-state index contributed by atoms with van der Waals surface area (Å²) in [6.07, 6.45) is 0. The van der Waals surface area contributed by atoms with Crippen molar-refractivity contribution in [2.75, 3.05) is 0 Å². The molecule has 0 unspecified atom stereocenters. The van der Waals surface area contributed by atoms with Gasteiger partial charge in [-0.25, -0.2) is 0 Å². The van der Waals surface area contributed by atoms with Crippen molar-refractivity contribution in [1.29, 1.82) is 0 Å². The molecule has 0 heterocycles. The van der Waals surface area contributed by atoms with Crippen molar-refractivity contribution >= 4 is 143 Å². The third-order valence-electron chi connectivity index (χ3n) is 18.3. The Morgan fingerprint density at radius 1 is 0.0756 bits per heavy atom. The minimum absolute atomic E-state index is 0. The van der Waals surface area contributed by atoms with Crippen LogP contribution in [0.5, 0.6) is 0 Å². The molecule has 0 saturated carbocycles. The van der Waals surface area contributed by atoms with Crippen LogP contribution in [0.25, 0.3) is 0 Å². The van der Waals surface area contributed by atoms with E-state index in [0.29, 0.717) is 0 Å². The van der Waals surface area contributed by atoms with Crippen molar-refractivity contribution in [3.05, 3.63) is 546 Å². The Hall–Kier alpha value is -9.68. The molecule has 0 aliphatic rings. The summed E-state index contributed by atoms with van der Waals surface area (Å²) in [5.41, 5.74) is 0. The van der Waals surface area contributed by atoms with Crippen LogP contribution in [0.1, 0.15) is 0 Å². The third kappa shape index (κ3) is 28.8. The molecule has 18 aromatic carbocycles. The van der Waals surface area contributed by atoms with E-state index in [9.17, 15) is 0 Å². The zero-order chi connectivity index (χ0) is 77.5. The van der Waals surface area contributed by atoms with Crippen molar-refractivity contribution in [3.8, 4) is 0 Å². The number of hydrogen-bond acceptors (Lipinski definition) is 0. The van der Waals surface area contributed by atoms with E-state index in [1.165, 1.54) is 95.5 Å². The van der Waals surface area contributed by atoms with E-state index in [0.717, 1.165) is 0 Å². The van der Waals surface area contributed by atoms with E-state index in [1.54, 1.807) is 0 Å². The Kier molecular flexibility index (Phi) is 42.8. The molecule has 0 atom stereocenters. The van der Waals surface area contributed by atoms with Crippen LogP contribution in [0.15, 0.2) is 546 Å². The van der Waals surface area contributed by atoms with Crippen molar-refractivity contribution in [1.82, 2.24) is 0 Å². The van der Waals surface area contributed by atoms with Gasteiger partial charge in [0.15, 0.2) is 0 Å². The van der Waals surface area contributed by atoms with E-state index >= 15 is 0 Å². The smallest absolute Gasteiger partial charge is 1.00 e. The van der Waals surface area contributed by atoms with Gasteiger partial charge in [0.1, 0.15) is 0 Å². The third-order valence-corrected chi connectivity index (χ3v) is 32.9. The van der Waals surface area contributed by atoms with Crippen LogP contribution in [-0.4, -0.2) is 0 Å². The first kappa shape index (κ1) is 94.8. The van der Waals surface area contributed by atoms with Crippen LogP contribution in [-0.2, 0) is 19.5 Å². The molecule has 0 radical (unpaired) electrons. The molecule has 0 aromatic heterocycles. The quantitative estimate of drug-likeness (QED) is 0.0597. The van der Waals surface area contributed by atoms with Crippen molar-refractivity contribution < 1.29 is 69.1 Å². The van der Waals surface area contributed by atoms with Gasteiger partial charge >= 0.3 is 19.5 Å². The van der Waals surface area contributed by atoms with Gasteiger partial charge in [-0.1, -0.05) is 546 Å². The zero-order valence-electron chi connectivity index (χ0n) is 65.5. The van der Waals surface area contributed by atoms with Crippen LogP contribution in [0.2, 0.25) is 0 Å². The van der Waals surface area contributed by atoms with E-state index in [1.807, 2.05) is 0 Å². The first-order valence-corrected chi connectivity index (χ1v) is 46.5. The molecular weight excluding hydrogens is 1730 g/mol. The fraction of sp³-hybridized carbons (Fsp3) is 0. The van der Waals surface area contributed by atoms with Gasteiger partial charge in [0.05, 0.1) is 0 Å². The average molecular weight is 1820 g/mol. The summed E-state index contributed by atoms with van der Waals surface area (Å²) in [7, 11) is -2.68. The summed E-state index contributed by atoms with van der Waals surface area (Å²) in [6.45, 7) is 0. The first-order valence-electron chi connectivity index (χ1n) is 38.4. The number of benzene rings is 18. The van der Waals surface area contributed by atoms with Gasteiger partial charge in [0.2, 0.25) is 0 Å². The maximum atomic E-state index is 2.23. The summed E-state index contributed by atoms with van der Waals surface area (Å²) in [5.74, 6) is 0. The molecule has 0 fully saturated rings. The SMILES string of the molecule is [Cl-].[Cl-].[Cl-].[Cl-].[Ru+4].c1ccc(P(c2ccccc2)c2ccccc2)cc1.c1ccc(P(c2ccccc2)c2ccccc2)cc1.c1ccc(P(c2ccccc2)c2ccccc2)cc1.c1ccc(P(c2ccccc2)c2ccccc2)cc1.c1ccc(P(c2ccccc2)c2ccccc2)cc1.c1ccc(P(c2ccccc2)c2ccccc2)cc1. The van der Waals surface area contributed by atoms with Crippen LogP contribution in [0.4, 0.5) is 0 Å². The Bertz CT molecular complexity index is 4090. The van der Waals surface area contributed by atoms with Crippen LogP contribution in [0.3, 0.4) is 0 Å². The van der Waals surface area contributed by atoms with Gasteiger partial charge in [-0.15, -0.1) is 0 Å². The first-order chi connectivity index (χ1) is 56.7. The largest absolute Gasteiger partial charge is 4.00 e. The minimum Gasteiger partial charge on any atom is -1.00 e. The van der Waals surface area contributed by atoms with Gasteiger partial charge in [0.25, 0.3) is 0 Å². The van der Waals surface area contributed by atoms with Gasteiger partial charge in [-0.3, -0.25) is 0 Å². The Morgan fingerprint density at radius 3 is 0.160 bits per heavy atom. The molecule has 0 amide bonds. The second-order valence-electron chi connectivity index (χ2n) is 26.1. The zero-order valence-corrected chi connectivity index (χ0v) is 75.6. The maximum absolute atomic E-state index is 2.23. The maximum Gasteiger partial charge on any atom is 4.00 e. The van der Waals surface area contributed by atoms with Crippen LogP contribution < -0.4 is 145 Å². The summed E-state index contributed by atoms with van der Waals surface area (Å²) in [4.78, 5) is 0.